The molecule has 0 aliphatic heterocycles. The number of aryl methyl sites for hydroxylation is 1. The molecule has 0 saturated heterocycles. The van der Waals surface area contributed by atoms with Crippen LogP contribution in [0.15, 0.2) is 52.9 Å². The van der Waals surface area contributed by atoms with Gasteiger partial charge in [-0.25, -0.2) is 9.67 Å². The van der Waals surface area contributed by atoms with Gasteiger partial charge in [-0.05, 0) is 49.4 Å². The number of rotatable bonds is 5. The molecule has 0 bridgehead atoms. The summed E-state index contributed by atoms with van der Waals surface area (Å²) < 4.78 is 7.14. The van der Waals surface area contributed by atoms with Crippen molar-refractivity contribution in [2.45, 2.75) is 13.5 Å². The highest BCUT2D eigenvalue weighted by Crippen LogP contribution is 2.25. The fraction of sp³-hybridized carbons (Fsp3) is 0.100. The molecule has 4 aromatic rings. The Balaban J connectivity index is 1.53. The SMILES string of the molecule is Cc1oc(-c2cccc(Cl)c2)nc1Cn1nnc(C(=O)Nc2ccc(Cl)cc2)c1N. The molecular formula is C20H16Cl2N6O2. The molecule has 30 heavy (non-hydrogen) atoms. The molecule has 2 aromatic carbocycles. The number of nitrogen functional groups attached to an aromatic ring is 1. The number of oxazole rings is 1. The zero-order valence-corrected chi connectivity index (χ0v) is 17.3. The van der Waals surface area contributed by atoms with E-state index in [1.165, 1.54) is 4.68 Å². The Labute approximate surface area is 181 Å². The van der Waals surface area contributed by atoms with Gasteiger partial charge in [0.1, 0.15) is 11.5 Å². The van der Waals surface area contributed by atoms with Crippen LogP contribution in [-0.2, 0) is 6.54 Å². The van der Waals surface area contributed by atoms with Crippen molar-refractivity contribution in [3.05, 3.63) is 75.7 Å². The molecule has 1 amide bonds. The first kappa shape index (κ1) is 19.9. The first-order chi connectivity index (χ1) is 14.4. The van der Waals surface area contributed by atoms with E-state index in [0.29, 0.717) is 33.1 Å². The standard InChI is InChI=1S/C20H16Cl2N6O2/c1-11-16(25-20(30-11)12-3-2-4-14(22)9-12)10-28-18(23)17(26-27-28)19(29)24-15-7-5-13(21)6-8-15/h2-9H,10,23H2,1H3,(H,24,29). The third-order valence-electron chi connectivity index (χ3n) is 4.35. The number of halogens is 2. The molecule has 0 saturated carbocycles. The summed E-state index contributed by atoms with van der Waals surface area (Å²) in [5, 5.41) is 11.7. The molecule has 0 fully saturated rings. The molecule has 3 N–H and O–H groups in total. The third-order valence-corrected chi connectivity index (χ3v) is 4.84. The van der Waals surface area contributed by atoms with Crippen LogP contribution in [-0.4, -0.2) is 25.9 Å². The maximum absolute atomic E-state index is 12.5. The predicted octanol–water partition coefficient (Wildman–Crippen LogP) is 4.43. The van der Waals surface area contributed by atoms with Crippen LogP contribution < -0.4 is 11.1 Å². The highest BCUT2D eigenvalue weighted by atomic mass is 35.5. The van der Waals surface area contributed by atoms with E-state index in [0.717, 1.165) is 5.56 Å². The van der Waals surface area contributed by atoms with Gasteiger partial charge in [-0.3, -0.25) is 4.79 Å². The van der Waals surface area contributed by atoms with E-state index in [4.69, 9.17) is 33.4 Å². The van der Waals surface area contributed by atoms with Crippen LogP contribution in [0.1, 0.15) is 21.9 Å². The monoisotopic (exact) mass is 442 g/mol. The van der Waals surface area contributed by atoms with Gasteiger partial charge >= 0.3 is 0 Å². The van der Waals surface area contributed by atoms with Crippen LogP contribution in [0.2, 0.25) is 10.0 Å². The first-order valence-corrected chi connectivity index (χ1v) is 9.64. The zero-order valence-electron chi connectivity index (χ0n) is 15.8. The van der Waals surface area contributed by atoms with Gasteiger partial charge in [0.15, 0.2) is 11.5 Å². The summed E-state index contributed by atoms with van der Waals surface area (Å²) in [6.45, 7) is 1.99. The molecule has 0 radical (unpaired) electrons. The molecular weight excluding hydrogens is 427 g/mol. The highest BCUT2D eigenvalue weighted by molar-refractivity contribution is 6.31. The van der Waals surface area contributed by atoms with Crippen molar-refractivity contribution in [1.29, 1.82) is 0 Å². The molecule has 0 aliphatic carbocycles. The molecule has 2 aromatic heterocycles. The van der Waals surface area contributed by atoms with Crippen molar-refractivity contribution < 1.29 is 9.21 Å². The second-order valence-corrected chi connectivity index (χ2v) is 7.35. The van der Waals surface area contributed by atoms with Crippen molar-refractivity contribution in [1.82, 2.24) is 20.0 Å². The second kappa shape index (κ2) is 8.17. The number of aromatic nitrogens is 4. The Morgan fingerprint density at radius 2 is 1.93 bits per heavy atom. The number of benzene rings is 2. The van der Waals surface area contributed by atoms with Crippen molar-refractivity contribution >= 4 is 40.6 Å². The van der Waals surface area contributed by atoms with E-state index in [9.17, 15) is 4.79 Å². The Bertz CT molecular complexity index is 1220. The largest absolute Gasteiger partial charge is 0.441 e. The van der Waals surface area contributed by atoms with E-state index in [1.54, 1.807) is 43.3 Å². The molecule has 8 nitrogen and oxygen atoms in total. The summed E-state index contributed by atoms with van der Waals surface area (Å²) in [4.78, 5) is 17.0. The van der Waals surface area contributed by atoms with Crippen LogP contribution in [0.4, 0.5) is 11.5 Å². The topological polar surface area (TPSA) is 112 Å². The summed E-state index contributed by atoms with van der Waals surface area (Å²) in [7, 11) is 0. The number of carbonyl (C=O) groups is 1. The van der Waals surface area contributed by atoms with Crippen LogP contribution in [0.5, 0.6) is 0 Å². The average molecular weight is 443 g/mol. The molecule has 0 atom stereocenters. The molecule has 0 unspecified atom stereocenters. The second-order valence-electron chi connectivity index (χ2n) is 6.47. The van der Waals surface area contributed by atoms with Crippen LogP contribution in [0, 0.1) is 6.92 Å². The van der Waals surface area contributed by atoms with Crippen molar-refractivity contribution in [3.8, 4) is 11.5 Å². The number of anilines is 2. The number of carbonyl (C=O) groups excluding carboxylic acids is 1. The van der Waals surface area contributed by atoms with Gasteiger partial charge in [0.2, 0.25) is 5.89 Å². The van der Waals surface area contributed by atoms with E-state index >= 15 is 0 Å². The number of amides is 1. The predicted molar refractivity (Wildman–Crippen MR) is 115 cm³/mol. The average Bonchev–Trinajstić information content (AvgIpc) is 3.27. The van der Waals surface area contributed by atoms with E-state index < -0.39 is 5.91 Å². The minimum Gasteiger partial charge on any atom is -0.441 e. The Hall–Kier alpha value is -3.36. The molecule has 4 rings (SSSR count). The molecule has 152 valence electrons. The lowest BCUT2D eigenvalue weighted by atomic mass is 10.2. The van der Waals surface area contributed by atoms with Gasteiger partial charge in [-0.1, -0.05) is 34.5 Å². The number of nitrogens with zero attached hydrogens (tertiary/aromatic N) is 4. The Kier molecular flexibility index (Phi) is 5.43. The summed E-state index contributed by atoms with van der Waals surface area (Å²) in [5.74, 6) is 0.683. The van der Waals surface area contributed by atoms with Crippen molar-refractivity contribution in [2.24, 2.45) is 0 Å². The van der Waals surface area contributed by atoms with E-state index in [1.807, 2.05) is 12.1 Å². The molecule has 10 heteroatoms. The van der Waals surface area contributed by atoms with Crippen LogP contribution in [0.25, 0.3) is 11.5 Å². The zero-order chi connectivity index (χ0) is 21.3. The van der Waals surface area contributed by atoms with Gasteiger partial charge in [0.25, 0.3) is 5.91 Å². The smallest absolute Gasteiger partial charge is 0.280 e. The number of nitrogens with one attached hydrogen (secondary N) is 1. The lowest BCUT2D eigenvalue weighted by Gasteiger charge is -2.04. The Morgan fingerprint density at radius 1 is 1.17 bits per heavy atom. The number of nitrogens with two attached hydrogens (primary N) is 1. The molecule has 2 heterocycles. The summed E-state index contributed by atoms with van der Waals surface area (Å²) >= 11 is 11.9. The van der Waals surface area contributed by atoms with E-state index in [2.05, 4.69) is 20.6 Å². The highest BCUT2D eigenvalue weighted by Gasteiger charge is 2.20. The van der Waals surface area contributed by atoms with Crippen LogP contribution in [0.3, 0.4) is 0 Å². The summed E-state index contributed by atoms with van der Waals surface area (Å²) in [6.07, 6.45) is 0. The summed E-state index contributed by atoms with van der Waals surface area (Å²) in [5.41, 5.74) is 8.05. The van der Waals surface area contributed by atoms with Crippen LogP contribution >= 0.6 is 23.2 Å². The fourth-order valence-corrected chi connectivity index (χ4v) is 3.10. The maximum atomic E-state index is 12.5. The quantitative estimate of drug-likeness (QED) is 0.472. The summed E-state index contributed by atoms with van der Waals surface area (Å²) in [6, 6.07) is 13.9. The first-order valence-electron chi connectivity index (χ1n) is 8.89. The molecule has 0 aliphatic rings. The van der Waals surface area contributed by atoms with Gasteiger partial charge < -0.3 is 15.5 Å². The Morgan fingerprint density at radius 3 is 2.67 bits per heavy atom. The lowest BCUT2D eigenvalue weighted by Crippen LogP contribution is -2.15. The van der Waals surface area contributed by atoms with Crippen molar-refractivity contribution in [2.75, 3.05) is 11.1 Å². The van der Waals surface area contributed by atoms with Gasteiger partial charge in [0, 0.05) is 21.3 Å². The molecule has 0 spiro atoms. The third kappa shape index (κ3) is 4.14. The van der Waals surface area contributed by atoms with Gasteiger partial charge in [0.05, 0.1) is 6.54 Å². The van der Waals surface area contributed by atoms with E-state index in [-0.39, 0.29) is 18.1 Å². The minimum atomic E-state index is -0.474. The normalized spacial score (nSPS) is 10.9. The number of hydrogen-bond acceptors (Lipinski definition) is 6. The van der Waals surface area contributed by atoms with Crippen molar-refractivity contribution in [3.63, 3.8) is 0 Å². The lowest BCUT2D eigenvalue weighted by molar-refractivity contribution is 0.102. The fourth-order valence-electron chi connectivity index (χ4n) is 2.78. The minimum absolute atomic E-state index is 0.0150. The maximum Gasteiger partial charge on any atom is 0.280 e. The van der Waals surface area contributed by atoms with Gasteiger partial charge in [-0.2, -0.15) is 0 Å². The number of hydrogen-bond donors (Lipinski definition) is 2. The van der Waals surface area contributed by atoms with Gasteiger partial charge in [-0.15, -0.1) is 5.10 Å².